The molecular weight excluding hydrogens is 188 g/mol. The highest BCUT2D eigenvalue weighted by Crippen LogP contribution is 2.10. The van der Waals surface area contributed by atoms with Gasteiger partial charge in [-0.1, -0.05) is 13.8 Å². The summed E-state index contributed by atoms with van der Waals surface area (Å²) in [6.07, 6.45) is 1.63. The Labute approximate surface area is 88.2 Å². The fourth-order valence-corrected chi connectivity index (χ4v) is 1.63. The zero-order valence-electron chi connectivity index (χ0n) is 9.00. The SMILES string of the molecule is CCc1ccc2cc(CC)c(=O)[nH]c2n1. The molecule has 0 bridgehead atoms. The summed E-state index contributed by atoms with van der Waals surface area (Å²) in [5.41, 5.74) is 2.48. The molecule has 0 atom stereocenters. The number of aromatic nitrogens is 2. The molecule has 0 aliphatic rings. The smallest absolute Gasteiger partial charge is 0.252 e. The summed E-state index contributed by atoms with van der Waals surface area (Å²) in [6, 6.07) is 5.93. The van der Waals surface area contributed by atoms with E-state index in [9.17, 15) is 4.79 Å². The molecule has 0 aliphatic heterocycles. The van der Waals surface area contributed by atoms with Crippen molar-refractivity contribution in [3.8, 4) is 0 Å². The zero-order chi connectivity index (χ0) is 10.8. The minimum absolute atomic E-state index is 0.0225. The van der Waals surface area contributed by atoms with Crippen molar-refractivity contribution in [2.75, 3.05) is 0 Å². The lowest BCUT2D eigenvalue weighted by Crippen LogP contribution is -2.12. The van der Waals surface area contributed by atoms with Gasteiger partial charge in [-0.25, -0.2) is 4.98 Å². The maximum atomic E-state index is 11.6. The van der Waals surface area contributed by atoms with E-state index in [2.05, 4.69) is 9.97 Å². The van der Waals surface area contributed by atoms with Gasteiger partial charge in [0, 0.05) is 16.6 Å². The molecular formula is C12H14N2O. The molecule has 0 aliphatic carbocycles. The van der Waals surface area contributed by atoms with Crippen LogP contribution in [0.5, 0.6) is 0 Å². The van der Waals surface area contributed by atoms with E-state index in [1.165, 1.54) is 0 Å². The van der Waals surface area contributed by atoms with Gasteiger partial charge in [0.1, 0.15) is 5.65 Å². The van der Waals surface area contributed by atoms with Gasteiger partial charge in [0.25, 0.3) is 5.56 Å². The molecule has 0 spiro atoms. The van der Waals surface area contributed by atoms with Crippen molar-refractivity contribution < 1.29 is 0 Å². The summed E-state index contributed by atoms with van der Waals surface area (Å²) in [4.78, 5) is 18.8. The Balaban J connectivity index is 2.70. The van der Waals surface area contributed by atoms with Crippen molar-refractivity contribution in [3.05, 3.63) is 39.8 Å². The van der Waals surface area contributed by atoms with Gasteiger partial charge < -0.3 is 4.98 Å². The van der Waals surface area contributed by atoms with Gasteiger partial charge in [0.05, 0.1) is 0 Å². The second-order valence-corrected chi connectivity index (χ2v) is 3.57. The number of hydrogen-bond donors (Lipinski definition) is 1. The highest BCUT2D eigenvalue weighted by atomic mass is 16.1. The average Bonchev–Trinajstić information content (AvgIpc) is 2.27. The molecule has 0 fully saturated rings. The van der Waals surface area contributed by atoms with Gasteiger partial charge in [0.15, 0.2) is 0 Å². The van der Waals surface area contributed by atoms with Gasteiger partial charge in [-0.05, 0) is 31.0 Å². The van der Waals surface area contributed by atoms with Crippen LogP contribution in [0.2, 0.25) is 0 Å². The summed E-state index contributed by atoms with van der Waals surface area (Å²) in [5, 5.41) is 1.00. The topological polar surface area (TPSA) is 45.8 Å². The Morgan fingerprint density at radius 3 is 2.73 bits per heavy atom. The first-order chi connectivity index (χ1) is 7.24. The van der Waals surface area contributed by atoms with E-state index in [1.54, 1.807) is 0 Å². The lowest BCUT2D eigenvalue weighted by atomic mass is 10.1. The summed E-state index contributed by atoms with van der Waals surface area (Å²) >= 11 is 0. The van der Waals surface area contributed by atoms with Crippen molar-refractivity contribution in [2.24, 2.45) is 0 Å². The second kappa shape index (κ2) is 3.85. The number of pyridine rings is 2. The van der Waals surface area contributed by atoms with Gasteiger partial charge in [0.2, 0.25) is 0 Å². The molecule has 0 radical (unpaired) electrons. The number of hydrogen-bond acceptors (Lipinski definition) is 2. The number of H-pyrrole nitrogens is 1. The zero-order valence-corrected chi connectivity index (χ0v) is 9.00. The molecule has 15 heavy (non-hydrogen) atoms. The van der Waals surface area contributed by atoms with E-state index in [0.29, 0.717) is 5.65 Å². The molecule has 0 aromatic carbocycles. The van der Waals surface area contributed by atoms with Gasteiger partial charge in [-0.2, -0.15) is 0 Å². The van der Waals surface area contributed by atoms with E-state index in [-0.39, 0.29) is 5.56 Å². The second-order valence-electron chi connectivity index (χ2n) is 3.57. The Morgan fingerprint density at radius 2 is 2.07 bits per heavy atom. The maximum absolute atomic E-state index is 11.6. The lowest BCUT2D eigenvalue weighted by molar-refractivity contribution is 1.03. The predicted molar refractivity (Wildman–Crippen MR) is 61.1 cm³/mol. The summed E-state index contributed by atoms with van der Waals surface area (Å²) in [5.74, 6) is 0. The number of rotatable bonds is 2. The monoisotopic (exact) mass is 202 g/mol. The van der Waals surface area contributed by atoms with E-state index >= 15 is 0 Å². The summed E-state index contributed by atoms with van der Waals surface area (Å²) in [6.45, 7) is 4.02. The Bertz CT molecular complexity index is 543. The summed E-state index contributed by atoms with van der Waals surface area (Å²) in [7, 11) is 0. The van der Waals surface area contributed by atoms with E-state index in [4.69, 9.17) is 0 Å². The third-order valence-corrected chi connectivity index (χ3v) is 2.58. The fourth-order valence-electron chi connectivity index (χ4n) is 1.63. The van der Waals surface area contributed by atoms with Gasteiger partial charge in [-0.3, -0.25) is 4.79 Å². The predicted octanol–water partition coefficient (Wildman–Crippen LogP) is 2.05. The maximum Gasteiger partial charge on any atom is 0.252 e. The van der Waals surface area contributed by atoms with Gasteiger partial charge in [-0.15, -0.1) is 0 Å². The molecule has 1 N–H and O–H groups in total. The highest BCUT2D eigenvalue weighted by Gasteiger charge is 2.02. The van der Waals surface area contributed by atoms with Crippen LogP contribution in [0.3, 0.4) is 0 Å². The molecule has 3 nitrogen and oxygen atoms in total. The van der Waals surface area contributed by atoms with E-state index < -0.39 is 0 Å². The molecule has 0 amide bonds. The van der Waals surface area contributed by atoms with Crippen molar-refractivity contribution in [2.45, 2.75) is 26.7 Å². The van der Waals surface area contributed by atoms with Crippen molar-refractivity contribution in [1.29, 1.82) is 0 Å². The van der Waals surface area contributed by atoms with Gasteiger partial charge >= 0.3 is 0 Å². The normalized spacial score (nSPS) is 10.8. The number of aryl methyl sites for hydroxylation is 2. The number of fused-ring (bicyclic) bond motifs is 1. The van der Waals surface area contributed by atoms with Crippen molar-refractivity contribution >= 4 is 11.0 Å². The van der Waals surface area contributed by atoms with Crippen molar-refractivity contribution in [3.63, 3.8) is 0 Å². The standard InChI is InChI=1S/C12H14N2O/c1-3-8-7-9-5-6-10(4-2)13-11(9)14-12(8)15/h5-7H,3-4H2,1-2H3,(H,13,14,15). The molecule has 2 rings (SSSR count). The average molecular weight is 202 g/mol. The highest BCUT2D eigenvalue weighted by molar-refractivity contribution is 5.75. The molecule has 2 aromatic heterocycles. The number of nitrogens with zero attached hydrogens (tertiary/aromatic N) is 1. The first-order valence-corrected chi connectivity index (χ1v) is 5.26. The largest absolute Gasteiger partial charge is 0.306 e. The third kappa shape index (κ3) is 1.77. The van der Waals surface area contributed by atoms with Crippen LogP contribution in [-0.4, -0.2) is 9.97 Å². The molecule has 2 heterocycles. The van der Waals surface area contributed by atoms with Crippen LogP contribution in [0.25, 0.3) is 11.0 Å². The first kappa shape index (κ1) is 9.90. The van der Waals surface area contributed by atoms with Crippen LogP contribution < -0.4 is 5.56 Å². The molecule has 0 unspecified atom stereocenters. The molecule has 3 heteroatoms. The minimum atomic E-state index is -0.0225. The Hall–Kier alpha value is -1.64. The number of nitrogens with one attached hydrogen (secondary N) is 1. The lowest BCUT2D eigenvalue weighted by Gasteiger charge is -2.02. The van der Waals surface area contributed by atoms with Crippen LogP contribution in [0.15, 0.2) is 23.0 Å². The van der Waals surface area contributed by atoms with Crippen LogP contribution >= 0.6 is 0 Å². The quantitative estimate of drug-likeness (QED) is 0.810. The molecule has 0 saturated carbocycles. The van der Waals surface area contributed by atoms with Crippen LogP contribution in [-0.2, 0) is 12.8 Å². The Morgan fingerprint density at radius 1 is 1.27 bits per heavy atom. The minimum Gasteiger partial charge on any atom is -0.306 e. The van der Waals surface area contributed by atoms with E-state index in [0.717, 1.165) is 29.5 Å². The fraction of sp³-hybridized carbons (Fsp3) is 0.333. The van der Waals surface area contributed by atoms with Crippen LogP contribution in [0.4, 0.5) is 0 Å². The molecule has 0 saturated heterocycles. The van der Waals surface area contributed by atoms with Crippen molar-refractivity contribution in [1.82, 2.24) is 9.97 Å². The first-order valence-electron chi connectivity index (χ1n) is 5.26. The third-order valence-electron chi connectivity index (χ3n) is 2.58. The molecule has 2 aromatic rings. The van der Waals surface area contributed by atoms with Crippen LogP contribution in [0, 0.1) is 0 Å². The van der Waals surface area contributed by atoms with E-state index in [1.807, 2.05) is 32.0 Å². The number of aromatic amines is 1. The summed E-state index contributed by atoms with van der Waals surface area (Å²) < 4.78 is 0. The van der Waals surface area contributed by atoms with Crippen LogP contribution in [0.1, 0.15) is 25.1 Å². The molecule has 78 valence electrons. The Kier molecular flexibility index (Phi) is 2.54.